The van der Waals surface area contributed by atoms with Crippen LogP contribution in [0.4, 0.5) is 0 Å². The molecule has 0 aliphatic heterocycles. The molecule has 2 heterocycles. The summed E-state index contributed by atoms with van der Waals surface area (Å²) in [6, 6.07) is 24.7. The lowest BCUT2D eigenvalue weighted by atomic mass is 9.98. The number of rotatable bonds is 10. The minimum atomic E-state index is 0.0447. The number of ketones is 1. The second kappa shape index (κ2) is 10.6. The molecule has 5 heteroatoms. The number of nitrogens with zero attached hydrogens (tertiary/aromatic N) is 2. The van der Waals surface area contributed by atoms with E-state index in [2.05, 4.69) is 47.3 Å². The SMILES string of the molecule is CCCC(CSn1cnc(-c2ccccc2)c1-c1ccccc1)C(=O)Cc1cccs1. The highest BCUT2D eigenvalue weighted by atomic mass is 32.2. The summed E-state index contributed by atoms with van der Waals surface area (Å²) in [5, 5.41) is 2.04. The third kappa shape index (κ3) is 5.35. The van der Waals surface area contributed by atoms with Gasteiger partial charge in [0.05, 0.1) is 11.4 Å². The van der Waals surface area contributed by atoms with Crippen LogP contribution in [0.3, 0.4) is 0 Å². The quantitative estimate of drug-likeness (QED) is 0.263. The maximum absolute atomic E-state index is 13.0. The molecule has 2 aromatic heterocycles. The third-order valence-electron chi connectivity index (χ3n) is 5.27. The summed E-state index contributed by atoms with van der Waals surface area (Å²) in [5.41, 5.74) is 4.27. The lowest BCUT2D eigenvalue weighted by molar-refractivity contribution is -0.121. The molecule has 0 N–H and O–H groups in total. The first-order chi connectivity index (χ1) is 15.3. The Balaban J connectivity index is 1.58. The van der Waals surface area contributed by atoms with E-state index in [-0.39, 0.29) is 5.92 Å². The molecule has 0 bridgehead atoms. The first-order valence-electron chi connectivity index (χ1n) is 10.6. The molecule has 4 aromatic rings. The van der Waals surface area contributed by atoms with Gasteiger partial charge in [-0.05, 0) is 29.8 Å². The molecular weight excluding hydrogens is 420 g/mol. The van der Waals surface area contributed by atoms with Crippen molar-refractivity contribution >= 4 is 29.1 Å². The van der Waals surface area contributed by atoms with E-state index >= 15 is 0 Å². The van der Waals surface area contributed by atoms with E-state index < -0.39 is 0 Å². The Labute approximate surface area is 192 Å². The lowest BCUT2D eigenvalue weighted by Crippen LogP contribution is -2.19. The van der Waals surface area contributed by atoms with Gasteiger partial charge in [0.25, 0.3) is 0 Å². The summed E-state index contributed by atoms with van der Waals surface area (Å²) in [7, 11) is 0. The molecule has 0 aliphatic rings. The largest absolute Gasteiger partial charge is 0.299 e. The molecule has 0 radical (unpaired) electrons. The predicted molar refractivity (Wildman–Crippen MR) is 132 cm³/mol. The molecule has 1 atom stereocenters. The molecule has 0 aliphatic carbocycles. The van der Waals surface area contributed by atoms with Crippen LogP contribution in [0.25, 0.3) is 22.5 Å². The Bertz CT molecular complexity index is 1090. The van der Waals surface area contributed by atoms with Crippen molar-refractivity contribution in [2.45, 2.75) is 26.2 Å². The standard InChI is InChI=1S/C26H26N2OS2/c1-2-10-22(24(29)17-23-15-9-16-30-23)18-31-28-19-27-25(20-11-5-3-6-12-20)26(28)21-13-7-4-8-14-21/h3-9,11-16,19,22H,2,10,17-18H2,1H3. The fraction of sp³-hybridized carbons (Fsp3) is 0.231. The average molecular weight is 447 g/mol. The molecule has 31 heavy (non-hydrogen) atoms. The second-order valence-electron chi connectivity index (χ2n) is 7.50. The molecule has 4 rings (SSSR count). The molecule has 0 saturated heterocycles. The van der Waals surface area contributed by atoms with Gasteiger partial charge in [-0.3, -0.25) is 8.77 Å². The van der Waals surface area contributed by atoms with Crippen LogP contribution in [0.1, 0.15) is 24.6 Å². The monoisotopic (exact) mass is 446 g/mol. The van der Waals surface area contributed by atoms with Gasteiger partial charge in [-0.2, -0.15) is 0 Å². The molecule has 1 unspecified atom stereocenters. The van der Waals surface area contributed by atoms with E-state index in [1.807, 2.05) is 48.1 Å². The number of imidazole rings is 1. The second-order valence-corrected chi connectivity index (χ2v) is 9.52. The van der Waals surface area contributed by atoms with Crippen molar-refractivity contribution in [3.05, 3.63) is 89.4 Å². The molecule has 0 fully saturated rings. The Hall–Kier alpha value is -2.63. The number of carbonyl (C=O) groups excluding carboxylic acids is 1. The number of hydrogen-bond acceptors (Lipinski definition) is 4. The highest BCUT2D eigenvalue weighted by Crippen LogP contribution is 2.34. The van der Waals surface area contributed by atoms with Gasteiger partial charge in [0.2, 0.25) is 0 Å². The number of thiophene rings is 1. The number of benzene rings is 2. The van der Waals surface area contributed by atoms with Crippen molar-refractivity contribution in [2.24, 2.45) is 5.92 Å². The predicted octanol–water partition coefficient (Wildman–Crippen LogP) is 7.00. The highest BCUT2D eigenvalue weighted by molar-refractivity contribution is 7.97. The van der Waals surface area contributed by atoms with Crippen molar-refractivity contribution in [1.29, 1.82) is 0 Å². The van der Waals surface area contributed by atoms with Gasteiger partial charge in [-0.15, -0.1) is 11.3 Å². The average Bonchev–Trinajstić information content (AvgIpc) is 3.47. The van der Waals surface area contributed by atoms with Crippen LogP contribution < -0.4 is 0 Å². The van der Waals surface area contributed by atoms with Crippen LogP contribution >= 0.6 is 23.3 Å². The molecule has 2 aromatic carbocycles. The minimum Gasteiger partial charge on any atom is -0.299 e. The zero-order chi connectivity index (χ0) is 21.5. The van der Waals surface area contributed by atoms with Crippen molar-refractivity contribution in [3.63, 3.8) is 0 Å². The Morgan fingerprint density at radius 2 is 1.71 bits per heavy atom. The normalized spacial score (nSPS) is 12.0. The van der Waals surface area contributed by atoms with Crippen LogP contribution in [0.5, 0.6) is 0 Å². The fourth-order valence-electron chi connectivity index (χ4n) is 3.68. The first kappa shape index (κ1) is 21.6. The van der Waals surface area contributed by atoms with Crippen molar-refractivity contribution in [3.8, 4) is 22.5 Å². The zero-order valence-corrected chi connectivity index (χ0v) is 19.2. The summed E-state index contributed by atoms with van der Waals surface area (Å²) in [6.07, 6.45) is 4.35. The topological polar surface area (TPSA) is 34.9 Å². The molecule has 0 saturated carbocycles. The minimum absolute atomic E-state index is 0.0447. The smallest absolute Gasteiger partial charge is 0.142 e. The summed E-state index contributed by atoms with van der Waals surface area (Å²) >= 11 is 3.34. The van der Waals surface area contributed by atoms with Gasteiger partial charge in [-0.25, -0.2) is 4.98 Å². The van der Waals surface area contributed by atoms with Gasteiger partial charge in [0, 0.05) is 34.1 Å². The van der Waals surface area contributed by atoms with Crippen LogP contribution in [-0.2, 0) is 11.2 Å². The Morgan fingerprint density at radius 3 is 2.35 bits per heavy atom. The van der Waals surface area contributed by atoms with Crippen molar-refractivity contribution in [1.82, 2.24) is 8.96 Å². The maximum atomic E-state index is 13.0. The summed E-state index contributed by atoms with van der Waals surface area (Å²) < 4.78 is 2.14. The molecular formula is C26H26N2OS2. The third-order valence-corrected chi connectivity index (χ3v) is 7.25. The van der Waals surface area contributed by atoms with Crippen molar-refractivity contribution in [2.75, 3.05) is 5.75 Å². The van der Waals surface area contributed by atoms with Crippen LogP contribution in [0.2, 0.25) is 0 Å². The van der Waals surface area contributed by atoms with Crippen LogP contribution in [0.15, 0.2) is 84.5 Å². The number of carbonyl (C=O) groups is 1. The molecule has 0 spiro atoms. The Morgan fingerprint density at radius 1 is 1.00 bits per heavy atom. The zero-order valence-electron chi connectivity index (χ0n) is 17.6. The maximum Gasteiger partial charge on any atom is 0.142 e. The van der Waals surface area contributed by atoms with Gasteiger partial charge in [0.15, 0.2) is 0 Å². The van der Waals surface area contributed by atoms with Crippen LogP contribution in [-0.4, -0.2) is 20.5 Å². The van der Waals surface area contributed by atoms with E-state index in [0.717, 1.165) is 46.0 Å². The summed E-state index contributed by atoms with van der Waals surface area (Å²) in [6.45, 7) is 2.15. The summed E-state index contributed by atoms with van der Waals surface area (Å²) in [4.78, 5) is 18.9. The molecule has 3 nitrogen and oxygen atoms in total. The number of Topliss-reactive ketones (excluding diaryl/α,β-unsaturated/α-hetero) is 1. The van der Waals surface area contributed by atoms with E-state index in [9.17, 15) is 4.79 Å². The van der Waals surface area contributed by atoms with Gasteiger partial charge >= 0.3 is 0 Å². The number of hydrogen-bond donors (Lipinski definition) is 0. The van der Waals surface area contributed by atoms with E-state index in [1.54, 1.807) is 23.3 Å². The fourth-order valence-corrected chi connectivity index (χ4v) is 5.53. The molecule has 158 valence electrons. The van der Waals surface area contributed by atoms with E-state index in [1.165, 1.54) is 0 Å². The first-order valence-corrected chi connectivity index (χ1v) is 12.4. The Kier molecular flexibility index (Phi) is 7.39. The molecule has 0 amide bonds. The van der Waals surface area contributed by atoms with Gasteiger partial charge in [-0.1, -0.05) is 80.1 Å². The van der Waals surface area contributed by atoms with E-state index in [0.29, 0.717) is 12.2 Å². The van der Waals surface area contributed by atoms with E-state index in [4.69, 9.17) is 4.98 Å². The summed E-state index contributed by atoms with van der Waals surface area (Å²) in [5.74, 6) is 1.13. The number of aromatic nitrogens is 2. The lowest BCUT2D eigenvalue weighted by Gasteiger charge is -2.16. The van der Waals surface area contributed by atoms with Gasteiger partial charge in [0.1, 0.15) is 12.1 Å². The highest BCUT2D eigenvalue weighted by Gasteiger charge is 2.21. The van der Waals surface area contributed by atoms with Crippen LogP contribution in [0, 0.1) is 5.92 Å². The van der Waals surface area contributed by atoms with Gasteiger partial charge < -0.3 is 0 Å². The van der Waals surface area contributed by atoms with Crippen molar-refractivity contribution < 1.29 is 4.79 Å².